The Hall–Kier alpha value is -2.22. The summed E-state index contributed by atoms with van der Waals surface area (Å²) in [5.41, 5.74) is -0.812. The lowest BCUT2D eigenvalue weighted by atomic mass is 9.68. The van der Waals surface area contributed by atoms with Gasteiger partial charge >= 0.3 is 0 Å². The summed E-state index contributed by atoms with van der Waals surface area (Å²) in [6.45, 7) is 5.40. The summed E-state index contributed by atoms with van der Waals surface area (Å²) in [5.74, 6) is -1.06. The molecule has 8 heteroatoms. The summed E-state index contributed by atoms with van der Waals surface area (Å²) in [6.07, 6.45) is 0.741. The zero-order valence-corrected chi connectivity index (χ0v) is 16.9. The van der Waals surface area contributed by atoms with Gasteiger partial charge in [-0.1, -0.05) is 44.2 Å². The molecule has 0 spiro atoms. The smallest absolute Gasteiger partial charge is 0.266 e. The second-order valence-corrected chi connectivity index (χ2v) is 11.2. The van der Waals surface area contributed by atoms with E-state index in [2.05, 4.69) is 0 Å². The van der Waals surface area contributed by atoms with Crippen molar-refractivity contribution in [1.82, 2.24) is 0 Å². The minimum Gasteiger partial charge on any atom is -0.483 e. The quantitative estimate of drug-likeness (QED) is 0.553. The van der Waals surface area contributed by atoms with Crippen molar-refractivity contribution in [2.75, 3.05) is 5.75 Å². The average molecular weight is 405 g/mol. The number of allylic oxidation sites excluding steroid dienone is 2. The number of benzene rings is 1. The fraction of sp³-hybridized carbons (Fsp3) is 0.550. The number of rotatable bonds is 2. The lowest BCUT2D eigenvalue weighted by Gasteiger charge is -2.46. The number of hydrogen-bond donors (Lipinski definition) is 0. The summed E-state index contributed by atoms with van der Waals surface area (Å²) in [5, 5.41) is 10.6. The Bertz CT molecular complexity index is 997. The van der Waals surface area contributed by atoms with Gasteiger partial charge in [-0.15, -0.1) is 0 Å². The Morgan fingerprint density at radius 3 is 2.39 bits per heavy atom. The predicted octanol–water partition coefficient (Wildman–Crippen LogP) is 2.64. The molecule has 0 bridgehead atoms. The first kappa shape index (κ1) is 19.1. The third-order valence-corrected chi connectivity index (χ3v) is 8.55. The lowest BCUT2D eigenvalue weighted by molar-refractivity contribution is -0.537. The van der Waals surface area contributed by atoms with E-state index < -0.39 is 43.3 Å². The van der Waals surface area contributed by atoms with Gasteiger partial charge in [0, 0.05) is 29.3 Å². The molecule has 7 nitrogen and oxygen atoms in total. The Labute approximate surface area is 163 Å². The third-order valence-electron chi connectivity index (χ3n) is 6.25. The number of Topliss-reactive ketones (excluding diaryl/α,β-unsaturated/α-hetero) is 1. The minimum absolute atomic E-state index is 0.137. The van der Waals surface area contributed by atoms with Crippen LogP contribution >= 0.6 is 0 Å². The van der Waals surface area contributed by atoms with E-state index in [9.17, 15) is 23.3 Å². The molecule has 4 atom stereocenters. The molecule has 1 saturated heterocycles. The van der Waals surface area contributed by atoms with Crippen LogP contribution in [0.4, 0.5) is 0 Å². The minimum atomic E-state index is -3.85. The maximum atomic E-state index is 13.1. The summed E-state index contributed by atoms with van der Waals surface area (Å²) in [7, 11) is -3.85. The van der Waals surface area contributed by atoms with E-state index in [1.807, 2.05) is 19.9 Å². The van der Waals surface area contributed by atoms with Crippen LogP contribution in [0.1, 0.15) is 45.1 Å². The van der Waals surface area contributed by atoms with E-state index in [4.69, 9.17) is 4.74 Å². The van der Waals surface area contributed by atoms with Gasteiger partial charge in [0.05, 0.1) is 0 Å². The first-order chi connectivity index (χ1) is 13.0. The van der Waals surface area contributed by atoms with E-state index in [0.717, 1.165) is 0 Å². The molecule has 1 aromatic carbocycles. The van der Waals surface area contributed by atoms with Crippen LogP contribution < -0.4 is 0 Å². The van der Waals surface area contributed by atoms with Crippen LogP contribution in [0.25, 0.3) is 0 Å². The molecule has 1 aromatic rings. The second kappa shape index (κ2) is 5.89. The number of hydrogen-bond acceptors (Lipinski definition) is 6. The van der Waals surface area contributed by atoms with E-state index in [1.54, 1.807) is 24.3 Å². The number of ether oxygens (including phenoxy) is 1. The molecule has 2 aliphatic heterocycles. The van der Waals surface area contributed by atoms with Gasteiger partial charge in [0.2, 0.25) is 0 Å². The fourth-order valence-electron chi connectivity index (χ4n) is 5.10. The number of nitro groups is 1. The molecular weight excluding hydrogens is 382 g/mol. The molecule has 0 N–H and O–H groups in total. The van der Waals surface area contributed by atoms with Crippen LogP contribution in [-0.4, -0.2) is 41.8 Å². The molecule has 2 heterocycles. The molecule has 1 fully saturated rings. The molecule has 28 heavy (non-hydrogen) atoms. The van der Waals surface area contributed by atoms with Crippen LogP contribution in [0.15, 0.2) is 41.7 Å². The molecular formula is C20H23NO6S. The molecule has 4 rings (SSSR count). The van der Waals surface area contributed by atoms with Gasteiger partial charge in [0.1, 0.15) is 16.8 Å². The maximum absolute atomic E-state index is 13.1. The normalized spacial score (nSPS) is 35.7. The third kappa shape index (κ3) is 2.69. The molecule has 0 amide bonds. The maximum Gasteiger partial charge on any atom is 0.266 e. The summed E-state index contributed by atoms with van der Waals surface area (Å²) >= 11 is 0. The highest BCUT2D eigenvalue weighted by Gasteiger charge is 2.70. The molecule has 1 aliphatic carbocycles. The van der Waals surface area contributed by atoms with E-state index >= 15 is 0 Å². The van der Waals surface area contributed by atoms with Crippen molar-refractivity contribution in [1.29, 1.82) is 0 Å². The first-order valence-electron chi connectivity index (χ1n) is 9.31. The monoisotopic (exact) mass is 405 g/mol. The summed E-state index contributed by atoms with van der Waals surface area (Å²) in [6, 6.07) is 7.57. The van der Waals surface area contributed by atoms with Crippen molar-refractivity contribution in [3.63, 3.8) is 0 Å². The van der Waals surface area contributed by atoms with Gasteiger partial charge in [0.25, 0.3) is 6.04 Å². The lowest BCUT2D eigenvalue weighted by Crippen LogP contribution is -2.56. The number of carbonyl (C=O) groups excluding carboxylic acids is 1. The molecule has 150 valence electrons. The van der Waals surface area contributed by atoms with Crippen molar-refractivity contribution in [3.8, 4) is 0 Å². The molecule has 0 radical (unpaired) electrons. The second-order valence-electron chi connectivity index (χ2n) is 9.00. The number of sulfone groups is 1. The van der Waals surface area contributed by atoms with Gasteiger partial charge in [-0.25, -0.2) is 8.42 Å². The largest absolute Gasteiger partial charge is 0.483 e. The van der Waals surface area contributed by atoms with E-state index in [1.165, 1.54) is 6.92 Å². The predicted molar refractivity (Wildman–Crippen MR) is 102 cm³/mol. The summed E-state index contributed by atoms with van der Waals surface area (Å²) < 4.78 is 32.3. The van der Waals surface area contributed by atoms with Gasteiger partial charge in [-0.05, 0) is 17.9 Å². The molecule has 0 saturated carbocycles. The Morgan fingerprint density at radius 2 is 1.79 bits per heavy atom. The SMILES string of the molecule is CC1(C)CC(=O)C2=C(C1)OC1(C)C([N+](=O)[O-])CS(=O)(=O)C1C2c1ccccc1. The van der Waals surface area contributed by atoms with Crippen molar-refractivity contribution in [2.45, 2.75) is 56.4 Å². The van der Waals surface area contributed by atoms with Gasteiger partial charge < -0.3 is 4.74 Å². The highest BCUT2D eigenvalue weighted by Crippen LogP contribution is 2.55. The fourth-order valence-corrected chi connectivity index (χ4v) is 7.83. The highest BCUT2D eigenvalue weighted by atomic mass is 32.2. The number of ketones is 1. The van der Waals surface area contributed by atoms with Crippen LogP contribution in [0.3, 0.4) is 0 Å². The number of carbonyl (C=O) groups is 1. The Balaban J connectivity index is 1.99. The standard InChI is InChI=1S/C20H23NO6S/c1-19(2)9-13(22)17-14(10-19)27-20(3)15(21(23)24)11-28(25,26)18(20)16(17)12-7-5-4-6-8-12/h4-8,15-16,18H,9-11H2,1-3H3. The summed E-state index contributed by atoms with van der Waals surface area (Å²) in [4.78, 5) is 24.2. The van der Waals surface area contributed by atoms with Crippen LogP contribution in [0.5, 0.6) is 0 Å². The zero-order valence-electron chi connectivity index (χ0n) is 16.0. The first-order valence-corrected chi connectivity index (χ1v) is 11.0. The number of fused-ring (bicyclic) bond motifs is 1. The van der Waals surface area contributed by atoms with E-state index in [0.29, 0.717) is 29.7 Å². The van der Waals surface area contributed by atoms with Crippen LogP contribution in [0.2, 0.25) is 0 Å². The topological polar surface area (TPSA) is 104 Å². The Kier molecular flexibility index (Phi) is 4.02. The van der Waals surface area contributed by atoms with Crippen molar-refractivity contribution in [3.05, 3.63) is 57.3 Å². The van der Waals surface area contributed by atoms with Gasteiger partial charge in [-0.3, -0.25) is 14.9 Å². The van der Waals surface area contributed by atoms with Crippen molar-refractivity contribution in [2.24, 2.45) is 5.41 Å². The zero-order chi connectivity index (χ0) is 20.5. The van der Waals surface area contributed by atoms with Crippen molar-refractivity contribution >= 4 is 15.6 Å². The number of nitrogens with zero attached hydrogens (tertiary/aromatic N) is 1. The molecule has 0 aromatic heterocycles. The molecule has 4 unspecified atom stereocenters. The van der Waals surface area contributed by atoms with Crippen LogP contribution in [-0.2, 0) is 19.4 Å². The van der Waals surface area contributed by atoms with Crippen LogP contribution in [0, 0.1) is 15.5 Å². The average Bonchev–Trinajstić information content (AvgIpc) is 2.79. The van der Waals surface area contributed by atoms with Gasteiger partial charge in [-0.2, -0.15) is 0 Å². The molecule has 3 aliphatic rings. The van der Waals surface area contributed by atoms with Gasteiger partial charge in [0.15, 0.2) is 21.2 Å². The van der Waals surface area contributed by atoms with Crippen molar-refractivity contribution < 1.29 is 22.9 Å². The van der Waals surface area contributed by atoms with E-state index in [-0.39, 0.29) is 11.2 Å². The Morgan fingerprint density at radius 1 is 1.14 bits per heavy atom. The highest BCUT2D eigenvalue weighted by molar-refractivity contribution is 7.92.